The summed E-state index contributed by atoms with van der Waals surface area (Å²) in [6.45, 7) is 2.12. The molecular formula is C19H20FN3O. The van der Waals surface area contributed by atoms with Gasteiger partial charge < -0.3 is 14.6 Å². The smallest absolute Gasteiger partial charge is 0.206 e. The second kappa shape index (κ2) is 6.24. The van der Waals surface area contributed by atoms with Crippen molar-refractivity contribution in [2.75, 3.05) is 18.0 Å². The van der Waals surface area contributed by atoms with Crippen molar-refractivity contribution in [1.82, 2.24) is 9.55 Å². The molecule has 1 aliphatic heterocycles. The molecule has 1 aliphatic rings. The van der Waals surface area contributed by atoms with Crippen molar-refractivity contribution in [2.24, 2.45) is 0 Å². The molecule has 0 amide bonds. The van der Waals surface area contributed by atoms with Crippen molar-refractivity contribution in [1.29, 1.82) is 0 Å². The van der Waals surface area contributed by atoms with Gasteiger partial charge in [-0.15, -0.1) is 0 Å². The zero-order valence-corrected chi connectivity index (χ0v) is 13.4. The van der Waals surface area contributed by atoms with Gasteiger partial charge in [-0.2, -0.15) is 0 Å². The van der Waals surface area contributed by atoms with E-state index in [1.54, 1.807) is 12.1 Å². The summed E-state index contributed by atoms with van der Waals surface area (Å²) >= 11 is 0. The highest BCUT2D eigenvalue weighted by Gasteiger charge is 2.23. The summed E-state index contributed by atoms with van der Waals surface area (Å²) in [5.41, 5.74) is 3.02. The highest BCUT2D eigenvalue weighted by molar-refractivity contribution is 5.79. The molecule has 3 aromatic rings. The summed E-state index contributed by atoms with van der Waals surface area (Å²) < 4.78 is 15.3. The molecule has 24 heavy (non-hydrogen) atoms. The number of imidazole rings is 1. The van der Waals surface area contributed by atoms with E-state index in [4.69, 9.17) is 4.98 Å². The number of rotatable bonds is 3. The Kier molecular flexibility index (Phi) is 3.94. The average molecular weight is 325 g/mol. The summed E-state index contributed by atoms with van der Waals surface area (Å²) in [5, 5.41) is 10.0. The van der Waals surface area contributed by atoms with Crippen LogP contribution in [0.25, 0.3) is 11.0 Å². The van der Waals surface area contributed by atoms with Gasteiger partial charge in [-0.25, -0.2) is 9.37 Å². The van der Waals surface area contributed by atoms with Crippen molar-refractivity contribution < 1.29 is 9.50 Å². The number of β-amino-alcohol motifs (C(OH)–C–C–N with tert-alkyl or cyclic N) is 1. The van der Waals surface area contributed by atoms with Gasteiger partial charge in [-0.3, -0.25) is 0 Å². The Morgan fingerprint density at radius 2 is 1.92 bits per heavy atom. The maximum absolute atomic E-state index is 13.2. The van der Waals surface area contributed by atoms with E-state index in [1.165, 1.54) is 12.1 Å². The molecule has 1 saturated heterocycles. The Hall–Kier alpha value is -2.40. The van der Waals surface area contributed by atoms with Gasteiger partial charge in [0, 0.05) is 13.1 Å². The van der Waals surface area contributed by atoms with Gasteiger partial charge in [0.1, 0.15) is 5.82 Å². The minimum absolute atomic E-state index is 0.228. The van der Waals surface area contributed by atoms with Crippen LogP contribution < -0.4 is 4.90 Å². The molecule has 2 heterocycles. The number of anilines is 1. The first kappa shape index (κ1) is 15.1. The molecule has 4 rings (SSSR count). The molecule has 4 nitrogen and oxygen atoms in total. The molecule has 1 atom stereocenters. The Bertz CT molecular complexity index is 843. The third-order valence-electron chi connectivity index (χ3n) is 4.57. The number of benzene rings is 2. The molecule has 0 unspecified atom stereocenters. The first-order valence-electron chi connectivity index (χ1n) is 8.33. The molecule has 1 N–H and O–H groups in total. The lowest BCUT2D eigenvalue weighted by molar-refractivity contribution is 0.153. The van der Waals surface area contributed by atoms with Gasteiger partial charge in [0.05, 0.1) is 23.7 Å². The number of piperidine rings is 1. The summed E-state index contributed by atoms with van der Waals surface area (Å²) in [6, 6.07) is 14.6. The van der Waals surface area contributed by atoms with Crippen LogP contribution in [0.2, 0.25) is 0 Å². The molecule has 0 radical (unpaired) electrons. The molecule has 124 valence electrons. The molecule has 1 fully saturated rings. The maximum Gasteiger partial charge on any atom is 0.206 e. The number of para-hydroxylation sites is 2. The largest absolute Gasteiger partial charge is 0.391 e. The van der Waals surface area contributed by atoms with Crippen LogP contribution in [0.5, 0.6) is 0 Å². The number of aromatic nitrogens is 2. The fraction of sp³-hybridized carbons (Fsp3) is 0.316. The van der Waals surface area contributed by atoms with Gasteiger partial charge in [0.2, 0.25) is 5.95 Å². The Balaban J connectivity index is 1.76. The monoisotopic (exact) mass is 325 g/mol. The van der Waals surface area contributed by atoms with E-state index < -0.39 is 0 Å². The average Bonchev–Trinajstić information content (AvgIpc) is 2.96. The van der Waals surface area contributed by atoms with E-state index in [0.29, 0.717) is 13.1 Å². The number of halogens is 1. The SMILES string of the molecule is O[C@H]1CCCN(c2nc3ccccc3n2Cc2ccc(F)cc2)C1. The van der Waals surface area contributed by atoms with Crippen LogP contribution in [0, 0.1) is 5.82 Å². The molecule has 2 aromatic carbocycles. The quantitative estimate of drug-likeness (QED) is 0.804. The van der Waals surface area contributed by atoms with Crippen molar-refractivity contribution in [3.8, 4) is 0 Å². The second-order valence-electron chi connectivity index (χ2n) is 6.36. The number of fused-ring (bicyclic) bond motifs is 1. The molecule has 0 saturated carbocycles. The van der Waals surface area contributed by atoms with Crippen molar-refractivity contribution >= 4 is 17.0 Å². The number of aliphatic hydroxyl groups excluding tert-OH is 1. The molecule has 5 heteroatoms. The lowest BCUT2D eigenvalue weighted by Gasteiger charge is -2.31. The van der Waals surface area contributed by atoms with Crippen LogP contribution >= 0.6 is 0 Å². The highest BCUT2D eigenvalue weighted by Crippen LogP contribution is 2.26. The molecule has 0 spiro atoms. The molecular weight excluding hydrogens is 305 g/mol. The highest BCUT2D eigenvalue weighted by atomic mass is 19.1. The third-order valence-corrected chi connectivity index (χ3v) is 4.57. The van der Waals surface area contributed by atoms with Gasteiger partial charge in [-0.1, -0.05) is 24.3 Å². The minimum atomic E-state index is -0.308. The molecule has 0 aliphatic carbocycles. The van der Waals surface area contributed by atoms with Crippen LogP contribution in [-0.4, -0.2) is 33.9 Å². The summed E-state index contributed by atoms with van der Waals surface area (Å²) in [7, 11) is 0. The van der Waals surface area contributed by atoms with E-state index in [-0.39, 0.29) is 11.9 Å². The van der Waals surface area contributed by atoms with Crippen LogP contribution in [-0.2, 0) is 6.54 Å². The second-order valence-corrected chi connectivity index (χ2v) is 6.36. The normalized spacial score (nSPS) is 18.2. The van der Waals surface area contributed by atoms with E-state index in [9.17, 15) is 9.50 Å². The number of nitrogens with zero attached hydrogens (tertiary/aromatic N) is 3. The first-order chi connectivity index (χ1) is 11.7. The zero-order valence-electron chi connectivity index (χ0n) is 13.4. The number of hydrogen-bond acceptors (Lipinski definition) is 3. The lowest BCUT2D eigenvalue weighted by atomic mass is 10.1. The fourth-order valence-corrected chi connectivity index (χ4v) is 3.37. The van der Waals surface area contributed by atoms with Gasteiger partial charge in [0.15, 0.2) is 0 Å². The predicted molar refractivity (Wildman–Crippen MR) is 92.7 cm³/mol. The third kappa shape index (κ3) is 2.87. The Labute approximate surface area is 140 Å². The maximum atomic E-state index is 13.2. The fourth-order valence-electron chi connectivity index (χ4n) is 3.37. The van der Waals surface area contributed by atoms with E-state index in [0.717, 1.165) is 41.9 Å². The Morgan fingerprint density at radius 1 is 1.12 bits per heavy atom. The van der Waals surface area contributed by atoms with Crippen molar-refractivity contribution in [3.05, 3.63) is 59.9 Å². The first-order valence-corrected chi connectivity index (χ1v) is 8.33. The van der Waals surface area contributed by atoms with Crippen molar-refractivity contribution in [2.45, 2.75) is 25.5 Å². The van der Waals surface area contributed by atoms with Gasteiger partial charge in [0.25, 0.3) is 0 Å². The van der Waals surface area contributed by atoms with Crippen molar-refractivity contribution in [3.63, 3.8) is 0 Å². The standard InChI is InChI=1S/C19H20FN3O/c20-15-9-7-14(8-10-15)12-23-18-6-2-1-5-17(18)21-19(23)22-11-3-4-16(24)13-22/h1-2,5-10,16,24H,3-4,11-13H2/t16-/m0/s1. The topological polar surface area (TPSA) is 41.3 Å². The summed E-state index contributed by atoms with van der Waals surface area (Å²) in [5.74, 6) is 0.646. The molecule has 0 bridgehead atoms. The zero-order chi connectivity index (χ0) is 16.5. The van der Waals surface area contributed by atoms with Crippen LogP contribution in [0.1, 0.15) is 18.4 Å². The van der Waals surface area contributed by atoms with Crippen LogP contribution in [0.15, 0.2) is 48.5 Å². The number of aliphatic hydroxyl groups is 1. The predicted octanol–water partition coefficient (Wildman–Crippen LogP) is 3.18. The van der Waals surface area contributed by atoms with Gasteiger partial charge >= 0.3 is 0 Å². The van der Waals surface area contributed by atoms with E-state index in [2.05, 4.69) is 15.5 Å². The minimum Gasteiger partial charge on any atom is -0.391 e. The summed E-state index contributed by atoms with van der Waals surface area (Å²) in [4.78, 5) is 6.94. The van der Waals surface area contributed by atoms with Gasteiger partial charge in [-0.05, 0) is 42.7 Å². The number of hydrogen-bond donors (Lipinski definition) is 1. The Morgan fingerprint density at radius 3 is 2.71 bits per heavy atom. The summed E-state index contributed by atoms with van der Waals surface area (Å²) in [6.07, 6.45) is 1.49. The van der Waals surface area contributed by atoms with Crippen LogP contribution in [0.4, 0.5) is 10.3 Å². The molecule has 1 aromatic heterocycles. The van der Waals surface area contributed by atoms with E-state index >= 15 is 0 Å². The lowest BCUT2D eigenvalue weighted by Crippen LogP contribution is -2.39. The van der Waals surface area contributed by atoms with Crippen LogP contribution in [0.3, 0.4) is 0 Å². The van der Waals surface area contributed by atoms with E-state index in [1.807, 2.05) is 18.2 Å².